The van der Waals surface area contributed by atoms with Crippen LogP contribution in [0.5, 0.6) is 0 Å². The maximum Gasteiger partial charge on any atom is 0.349 e. The summed E-state index contributed by atoms with van der Waals surface area (Å²) in [5.74, 6) is -2.05. The summed E-state index contributed by atoms with van der Waals surface area (Å²) in [6, 6.07) is 12.4. The summed E-state index contributed by atoms with van der Waals surface area (Å²) in [4.78, 5) is 35.6. The normalized spacial score (nSPS) is 10.5. The highest BCUT2D eigenvalue weighted by Gasteiger charge is 2.15. The van der Waals surface area contributed by atoms with E-state index in [2.05, 4.69) is 11.9 Å². The van der Waals surface area contributed by atoms with E-state index in [-0.39, 0.29) is 16.8 Å². The van der Waals surface area contributed by atoms with Crippen LogP contribution in [0, 0.1) is 0 Å². The van der Waals surface area contributed by atoms with E-state index in [4.69, 9.17) is 4.42 Å². The first kappa shape index (κ1) is 17.2. The van der Waals surface area contributed by atoms with Crippen molar-refractivity contribution in [2.75, 3.05) is 5.32 Å². The van der Waals surface area contributed by atoms with Crippen molar-refractivity contribution in [2.45, 2.75) is 6.42 Å². The Bertz CT molecular complexity index is 1080. The topological polar surface area (TPSA) is 99.4 Å². The molecule has 26 heavy (non-hydrogen) atoms. The van der Waals surface area contributed by atoms with Crippen LogP contribution < -0.4 is 16.0 Å². The second kappa shape index (κ2) is 7.06. The number of carboxylic acid groups (broad SMARTS) is 1. The number of amides is 1. The molecule has 6 heteroatoms. The summed E-state index contributed by atoms with van der Waals surface area (Å²) in [6.07, 6.45) is 2.22. The summed E-state index contributed by atoms with van der Waals surface area (Å²) < 4.78 is 5.33. The van der Waals surface area contributed by atoms with Gasteiger partial charge in [-0.25, -0.2) is 4.79 Å². The van der Waals surface area contributed by atoms with Gasteiger partial charge >= 0.3 is 5.63 Å². The third-order valence-electron chi connectivity index (χ3n) is 3.81. The molecule has 0 saturated heterocycles. The van der Waals surface area contributed by atoms with Gasteiger partial charge in [-0.05, 0) is 35.7 Å². The Morgan fingerprint density at radius 1 is 1.15 bits per heavy atom. The van der Waals surface area contributed by atoms with Crippen LogP contribution in [0.2, 0.25) is 0 Å². The van der Waals surface area contributed by atoms with Crippen LogP contribution in [0.25, 0.3) is 11.0 Å². The predicted molar refractivity (Wildman–Crippen MR) is 95.1 cm³/mol. The van der Waals surface area contributed by atoms with Crippen molar-refractivity contribution in [2.24, 2.45) is 0 Å². The number of nitrogens with one attached hydrogen (secondary N) is 1. The second-order valence-electron chi connectivity index (χ2n) is 5.60. The Morgan fingerprint density at radius 3 is 2.65 bits per heavy atom. The Hall–Kier alpha value is -3.67. The molecule has 3 aromatic rings. The van der Waals surface area contributed by atoms with E-state index >= 15 is 0 Å². The third-order valence-corrected chi connectivity index (χ3v) is 3.81. The first-order valence-electron chi connectivity index (χ1n) is 7.79. The lowest BCUT2D eigenvalue weighted by atomic mass is 10.1. The van der Waals surface area contributed by atoms with E-state index in [1.165, 1.54) is 30.3 Å². The Labute approximate surface area is 148 Å². The number of hydrogen-bond donors (Lipinski definition) is 1. The summed E-state index contributed by atoms with van der Waals surface area (Å²) in [5, 5.41) is 14.0. The molecule has 1 N–H and O–H groups in total. The molecule has 0 fully saturated rings. The van der Waals surface area contributed by atoms with Crippen molar-refractivity contribution >= 4 is 28.5 Å². The Morgan fingerprint density at radius 2 is 1.92 bits per heavy atom. The van der Waals surface area contributed by atoms with Gasteiger partial charge in [0.25, 0.3) is 5.91 Å². The number of para-hydroxylation sites is 1. The van der Waals surface area contributed by atoms with E-state index in [1.807, 2.05) is 6.07 Å². The number of carbonyl (C=O) groups excluding carboxylic acids is 2. The molecule has 0 saturated carbocycles. The average Bonchev–Trinajstić information content (AvgIpc) is 2.62. The summed E-state index contributed by atoms with van der Waals surface area (Å²) in [5.41, 5.74) is 0.407. The molecule has 0 radical (unpaired) electrons. The molecule has 0 spiro atoms. The third kappa shape index (κ3) is 3.39. The zero-order valence-electron chi connectivity index (χ0n) is 13.7. The summed E-state index contributed by atoms with van der Waals surface area (Å²) in [6.45, 7) is 3.67. The monoisotopic (exact) mass is 348 g/mol. The van der Waals surface area contributed by atoms with Crippen molar-refractivity contribution in [1.29, 1.82) is 0 Å². The fraction of sp³-hybridized carbons (Fsp3) is 0.0500. The fourth-order valence-electron chi connectivity index (χ4n) is 2.60. The van der Waals surface area contributed by atoms with Gasteiger partial charge in [0.05, 0.1) is 5.97 Å². The number of benzene rings is 2. The first-order chi connectivity index (χ1) is 12.5. The quantitative estimate of drug-likeness (QED) is 0.562. The molecule has 2 aromatic carbocycles. The van der Waals surface area contributed by atoms with Crippen LogP contribution in [0.3, 0.4) is 0 Å². The largest absolute Gasteiger partial charge is 0.545 e. The number of hydrogen-bond acceptors (Lipinski definition) is 5. The van der Waals surface area contributed by atoms with Gasteiger partial charge in [0, 0.05) is 11.1 Å². The van der Waals surface area contributed by atoms with Crippen molar-refractivity contribution in [1.82, 2.24) is 0 Å². The molecule has 0 aliphatic carbocycles. The van der Waals surface area contributed by atoms with Gasteiger partial charge < -0.3 is 19.6 Å². The van der Waals surface area contributed by atoms with E-state index in [1.54, 1.807) is 18.2 Å². The number of carboxylic acids is 1. The summed E-state index contributed by atoms with van der Waals surface area (Å²) >= 11 is 0. The van der Waals surface area contributed by atoms with Crippen molar-refractivity contribution < 1.29 is 19.1 Å². The maximum atomic E-state index is 12.4. The SMILES string of the molecule is C=CCc1cccc2cc(C(=O)Nc3cccc(C(=O)[O-])c3)c(=O)oc12. The molecule has 0 aliphatic rings. The standard InChI is InChI=1S/C20H15NO5/c1-2-5-12-6-3-7-13-11-16(20(25)26-17(12)13)18(22)21-15-9-4-8-14(10-15)19(23)24/h2-4,6-11H,1,5H2,(H,21,22)(H,23,24)/p-1. The van der Waals surface area contributed by atoms with Gasteiger partial charge in [-0.3, -0.25) is 4.79 Å². The predicted octanol–water partition coefficient (Wildman–Crippen LogP) is 2.14. The van der Waals surface area contributed by atoms with Crippen LogP contribution >= 0.6 is 0 Å². The van der Waals surface area contributed by atoms with Crippen molar-refractivity contribution in [3.63, 3.8) is 0 Å². The van der Waals surface area contributed by atoms with E-state index in [9.17, 15) is 19.5 Å². The van der Waals surface area contributed by atoms with Crippen molar-refractivity contribution in [3.05, 3.63) is 88.3 Å². The van der Waals surface area contributed by atoms with Gasteiger partial charge in [0.15, 0.2) is 0 Å². The lowest BCUT2D eigenvalue weighted by molar-refractivity contribution is -0.255. The smallest absolute Gasteiger partial charge is 0.349 e. The molecule has 1 aromatic heterocycles. The molecule has 130 valence electrons. The summed E-state index contributed by atoms with van der Waals surface area (Å²) in [7, 11) is 0. The van der Waals surface area contributed by atoms with Gasteiger partial charge in [-0.15, -0.1) is 6.58 Å². The molecule has 0 unspecified atom stereocenters. The highest BCUT2D eigenvalue weighted by molar-refractivity contribution is 6.06. The van der Waals surface area contributed by atoms with E-state index in [0.717, 1.165) is 5.56 Å². The minimum Gasteiger partial charge on any atom is -0.545 e. The minimum atomic E-state index is -1.36. The highest BCUT2D eigenvalue weighted by Crippen LogP contribution is 2.20. The molecule has 0 aliphatic heterocycles. The van der Waals surface area contributed by atoms with Crippen LogP contribution in [0.1, 0.15) is 26.3 Å². The molecule has 0 atom stereocenters. The molecule has 0 bridgehead atoms. The number of anilines is 1. The van der Waals surface area contributed by atoms with Crippen LogP contribution in [0.4, 0.5) is 5.69 Å². The zero-order chi connectivity index (χ0) is 18.7. The number of allylic oxidation sites excluding steroid dienone is 1. The fourth-order valence-corrected chi connectivity index (χ4v) is 2.60. The molecule has 3 rings (SSSR count). The maximum absolute atomic E-state index is 12.4. The molecule has 1 amide bonds. The van der Waals surface area contributed by atoms with E-state index < -0.39 is 17.5 Å². The molecule has 1 heterocycles. The zero-order valence-corrected chi connectivity index (χ0v) is 13.7. The Balaban J connectivity index is 1.97. The van der Waals surface area contributed by atoms with Crippen LogP contribution in [0.15, 0.2) is 70.4 Å². The minimum absolute atomic E-state index is 0.0811. The van der Waals surface area contributed by atoms with Gasteiger partial charge in [0.1, 0.15) is 11.1 Å². The number of aromatic carboxylic acids is 1. The number of rotatable bonds is 5. The number of carbonyl (C=O) groups is 2. The second-order valence-corrected chi connectivity index (χ2v) is 5.60. The number of fused-ring (bicyclic) bond motifs is 1. The van der Waals surface area contributed by atoms with Gasteiger partial charge in [0.2, 0.25) is 0 Å². The average molecular weight is 348 g/mol. The van der Waals surface area contributed by atoms with Crippen LogP contribution in [-0.2, 0) is 6.42 Å². The lowest BCUT2D eigenvalue weighted by Gasteiger charge is -2.08. The molecular weight excluding hydrogens is 334 g/mol. The first-order valence-corrected chi connectivity index (χ1v) is 7.79. The lowest BCUT2D eigenvalue weighted by Crippen LogP contribution is -2.23. The Kier molecular flexibility index (Phi) is 4.66. The highest BCUT2D eigenvalue weighted by atomic mass is 16.4. The van der Waals surface area contributed by atoms with Crippen molar-refractivity contribution in [3.8, 4) is 0 Å². The van der Waals surface area contributed by atoms with Gasteiger partial charge in [-0.2, -0.15) is 0 Å². The van der Waals surface area contributed by atoms with Crippen LogP contribution in [-0.4, -0.2) is 11.9 Å². The molecule has 6 nitrogen and oxygen atoms in total. The van der Waals surface area contributed by atoms with Gasteiger partial charge in [-0.1, -0.05) is 36.4 Å². The van der Waals surface area contributed by atoms with E-state index in [0.29, 0.717) is 17.4 Å². The molecular formula is C20H14NO5-.